The highest BCUT2D eigenvalue weighted by atomic mass is 16.1. The standard InChI is InChI=1S/C12H24N2O/c1-9(2)6-7-14-8-11(12(13)15)5-4-10(14)3/h9-11H,4-8H2,1-3H3,(H2,13,15). The quantitative estimate of drug-likeness (QED) is 0.769. The Kier molecular flexibility index (Phi) is 4.58. The SMILES string of the molecule is CC(C)CCN1CC(C(N)=O)CCC1C. The van der Waals surface area contributed by atoms with Gasteiger partial charge in [-0.1, -0.05) is 13.8 Å². The number of hydrogen-bond donors (Lipinski definition) is 1. The van der Waals surface area contributed by atoms with Crippen LogP contribution >= 0.6 is 0 Å². The van der Waals surface area contributed by atoms with Crippen molar-refractivity contribution in [1.29, 1.82) is 0 Å². The Bertz CT molecular complexity index is 216. The lowest BCUT2D eigenvalue weighted by molar-refractivity contribution is -0.124. The number of nitrogens with two attached hydrogens (primary N) is 1. The van der Waals surface area contributed by atoms with Crippen molar-refractivity contribution in [3.63, 3.8) is 0 Å². The number of nitrogens with zero attached hydrogens (tertiary/aromatic N) is 1. The molecule has 1 heterocycles. The maximum Gasteiger partial charge on any atom is 0.221 e. The molecule has 0 aromatic rings. The monoisotopic (exact) mass is 212 g/mol. The summed E-state index contributed by atoms with van der Waals surface area (Å²) in [6.07, 6.45) is 3.27. The molecule has 0 spiro atoms. The summed E-state index contributed by atoms with van der Waals surface area (Å²) in [5.41, 5.74) is 5.37. The second-order valence-electron chi connectivity index (χ2n) is 5.20. The number of amides is 1. The summed E-state index contributed by atoms with van der Waals surface area (Å²) in [6, 6.07) is 0.611. The van der Waals surface area contributed by atoms with Crippen LogP contribution in [0.1, 0.15) is 40.0 Å². The van der Waals surface area contributed by atoms with E-state index in [2.05, 4.69) is 25.7 Å². The molecule has 2 atom stereocenters. The first-order chi connectivity index (χ1) is 7.00. The van der Waals surface area contributed by atoms with E-state index < -0.39 is 0 Å². The van der Waals surface area contributed by atoms with E-state index in [0.29, 0.717) is 6.04 Å². The van der Waals surface area contributed by atoms with Crippen LogP contribution in [0.15, 0.2) is 0 Å². The fourth-order valence-corrected chi connectivity index (χ4v) is 2.15. The van der Waals surface area contributed by atoms with Gasteiger partial charge in [-0.2, -0.15) is 0 Å². The number of carbonyl (C=O) groups is 1. The minimum Gasteiger partial charge on any atom is -0.369 e. The summed E-state index contributed by atoms with van der Waals surface area (Å²) in [4.78, 5) is 13.6. The van der Waals surface area contributed by atoms with Crippen LogP contribution in [0.25, 0.3) is 0 Å². The van der Waals surface area contributed by atoms with Crippen molar-refractivity contribution in [2.75, 3.05) is 13.1 Å². The Morgan fingerprint density at radius 1 is 1.47 bits per heavy atom. The molecule has 15 heavy (non-hydrogen) atoms. The molecule has 2 N–H and O–H groups in total. The predicted octanol–water partition coefficient (Wildman–Crippen LogP) is 1.62. The lowest BCUT2D eigenvalue weighted by Crippen LogP contribution is -2.46. The van der Waals surface area contributed by atoms with Gasteiger partial charge in [-0.05, 0) is 38.6 Å². The summed E-state index contributed by atoms with van der Waals surface area (Å²) < 4.78 is 0. The van der Waals surface area contributed by atoms with E-state index in [0.717, 1.165) is 31.8 Å². The van der Waals surface area contributed by atoms with Crippen molar-refractivity contribution in [2.45, 2.75) is 46.1 Å². The Morgan fingerprint density at radius 3 is 2.67 bits per heavy atom. The third-order valence-electron chi connectivity index (χ3n) is 3.41. The molecule has 1 amide bonds. The zero-order chi connectivity index (χ0) is 11.4. The molecule has 0 radical (unpaired) electrons. The van der Waals surface area contributed by atoms with Gasteiger partial charge < -0.3 is 5.73 Å². The molecule has 2 unspecified atom stereocenters. The topological polar surface area (TPSA) is 46.3 Å². The number of likely N-dealkylation sites (tertiary alicyclic amines) is 1. The molecule has 0 saturated carbocycles. The van der Waals surface area contributed by atoms with E-state index in [1.165, 1.54) is 6.42 Å². The zero-order valence-electron chi connectivity index (χ0n) is 10.2. The maximum atomic E-state index is 11.1. The highest BCUT2D eigenvalue weighted by Gasteiger charge is 2.28. The molecule has 88 valence electrons. The normalized spacial score (nSPS) is 28.3. The van der Waals surface area contributed by atoms with Gasteiger partial charge in [0.15, 0.2) is 0 Å². The van der Waals surface area contributed by atoms with E-state index in [1.54, 1.807) is 0 Å². The van der Waals surface area contributed by atoms with Crippen LogP contribution in [0.5, 0.6) is 0 Å². The van der Waals surface area contributed by atoms with Crippen LogP contribution in [0, 0.1) is 11.8 Å². The zero-order valence-corrected chi connectivity index (χ0v) is 10.2. The largest absolute Gasteiger partial charge is 0.369 e. The van der Waals surface area contributed by atoms with Crippen LogP contribution < -0.4 is 5.73 Å². The minimum absolute atomic E-state index is 0.0772. The van der Waals surface area contributed by atoms with Crippen LogP contribution in [0.3, 0.4) is 0 Å². The molecular weight excluding hydrogens is 188 g/mol. The summed E-state index contributed by atoms with van der Waals surface area (Å²) >= 11 is 0. The van der Waals surface area contributed by atoms with E-state index in [4.69, 9.17) is 5.73 Å². The number of primary amides is 1. The van der Waals surface area contributed by atoms with Gasteiger partial charge in [-0.3, -0.25) is 9.69 Å². The smallest absolute Gasteiger partial charge is 0.221 e. The Morgan fingerprint density at radius 2 is 2.13 bits per heavy atom. The number of rotatable bonds is 4. The van der Waals surface area contributed by atoms with Crippen molar-refractivity contribution >= 4 is 5.91 Å². The molecule has 0 aromatic heterocycles. The van der Waals surface area contributed by atoms with Crippen molar-refractivity contribution in [2.24, 2.45) is 17.6 Å². The van der Waals surface area contributed by atoms with Gasteiger partial charge in [0.25, 0.3) is 0 Å². The van der Waals surface area contributed by atoms with E-state index in [9.17, 15) is 4.79 Å². The van der Waals surface area contributed by atoms with Gasteiger partial charge in [0.2, 0.25) is 5.91 Å². The highest BCUT2D eigenvalue weighted by Crippen LogP contribution is 2.22. The Hall–Kier alpha value is -0.570. The summed E-state index contributed by atoms with van der Waals surface area (Å²) in [5, 5.41) is 0. The van der Waals surface area contributed by atoms with Gasteiger partial charge in [-0.25, -0.2) is 0 Å². The van der Waals surface area contributed by atoms with Crippen molar-refractivity contribution in [1.82, 2.24) is 4.90 Å². The lowest BCUT2D eigenvalue weighted by Gasteiger charge is -2.37. The van der Waals surface area contributed by atoms with Gasteiger partial charge in [0.1, 0.15) is 0 Å². The third kappa shape index (κ3) is 3.82. The number of piperidine rings is 1. The maximum absolute atomic E-state index is 11.1. The van der Waals surface area contributed by atoms with Gasteiger partial charge in [0, 0.05) is 12.6 Å². The van der Waals surface area contributed by atoms with E-state index >= 15 is 0 Å². The Balaban J connectivity index is 2.42. The fourth-order valence-electron chi connectivity index (χ4n) is 2.15. The highest BCUT2D eigenvalue weighted by molar-refractivity contribution is 5.76. The summed E-state index contributed by atoms with van der Waals surface area (Å²) in [7, 11) is 0. The fraction of sp³-hybridized carbons (Fsp3) is 0.917. The summed E-state index contributed by atoms with van der Waals surface area (Å²) in [6.45, 7) is 8.68. The molecular formula is C12H24N2O. The van der Waals surface area contributed by atoms with Crippen molar-refractivity contribution < 1.29 is 4.79 Å². The predicted molar refractivity (Wildman–Crippen MR) is 62.4 cm³/mol. The first kappa shape index (κ1) is 12.5. The van der Waals surface area contributed by atoms with Crippen molar-refractivity contribution in [3.05, 3.63) is 0 Å². The molecule has 0 bridgehead atoms. The van der Waals surface area contributed by atoms with Crippen LogP contribution in [-0.2, 0) is 4.79 Å². The minimum atomic E-state index is -0.128. The van der Waals surface area contributed by atoms with Crippen LogP contribution in [0.4, 0.5) is 0 Å². The first-order valence-electron chi connectivity index (χ1n) is 6.04. The average molecular weight is 212 g/mol. The molecule has 1 fully saturated rings. The van der Waals surface area contributed by atoms with Crippen molar-refractivity contribution in [3.8, 4) is 0 Å². The molecule has 0 aromatic carbocycles. The van der Waals surface area contributed by atoms with Gasteiger partial charge in [0.05, 0.1) is 5.92 Å². The second-order valence-corrected chi connectivity index (χ2v) is 5.20. The molecule has 1 aliphatic rings. The molecule has 3 heteroatoms. The number of hydrogen-bond acceptors (Lipinski definition) is 2. The van der Waals surface area contributed by atoms with Gasteiger partial charge in [-0.15, -0.1) is 0 Å². The molecule has 1 rings (SSSR count). The summed E-state index contributed by atoms with van der Waals surface area (Å²) in [5.74, 6) is 0.677. The van der Waals surface area contributed by atoms with Gasteiger partial charge >= 0.3 is 0 Å². The first-order valence-corrected chi connectivity index (χ1v) is 6.04. The van der Waals surface area contributed by atoms with E-state index in [-0.39, 0.29) is 11.8 Å². The van der Waals surface area contributed by atoms with Crippen LogP contribution in [0.2, 0.25) is 0 Å². The average Bonchev–Trinajstić information content (AvgIpc) is 2.16. The lowest BCUT2D eigenvalue weighted by atomic mass is 9.92. The molecule has 3 nitrogen and oxygen atoms in total. The van der Waals surface area contributed by atoms with E-state index in [1.807, 2.05) is 0 Å². The molecule has 1 saturated heterocycles. The van der Waals surface area contributed by atoms with Crippen LogP contribution in [-0.4, -0.2) is 29.9 Å². The Labute approximate surface area is 93.0 Å². The second kappa shape index (κ2) is 5.50. The molecule has 0 aliphatic carbocycles. The number of carbonyl (C=O) groups excluding carboxylic acids is 1. The third-order valence-corrected chi connectivity index (χ3v) is 3.41. The molecule has 1 aliphatic heterocycles.